The van der Waals surface area contributed by atoms with Gasteiger partial charge in [0.15, 0.2) is 0 Å². The van der Waals surface area contributed by atoms with Crippen molar-refractivity contribution in [1.29, 1.82) is 0 Å². The zero-order chi connectivity index (χ0) is 16.5. The molecule has 1 saturated carbocycles. The molecule has 0 radical (unpaired) electrons. The highest BCUT2D eigenvalue weighted by Crippen LogP contribution is 2.32. The van der Waals surface area contributed by atoms with Gasteiger partial charge in [0, 0.05) is 29.4 Å². The van der Waals surface area contributed by atoms with E-state index in [0.29, 0.717) is 0 Å². The lowest BCUT2D eigenvalue weighted by Gasteiger charge is -2.06. The van der Waals surface area contributed by atoms with Gasteiger partial charge in [-0.2, -0.15) is 5.10 Å². The van der Waals surface area contributed by atoms with E-state index in [9.17, 15) is 4.79 Å². The van der Waals surface area contributed by atoms with Gasteiger partial charge in [0.1, 0.15) is 0 Å². The number of carbonyl (C=O) groups is 1. The minimum absolute atomic E-state index is 0.0211. The fourth-order valence-corrected chi connectivity index (χ4v) is 3.10. The Morgan fingerprint density at radius 2 is 1.83 bits per heavy atom. The van der Waals surface area contributed by atoms with E-state index in [4.69, 9.17) is 0 Å². The van der Waals surface area contributed by atoms with Crippen LogP contribution in [0, 0.1) is 5.92 Å². The van der Waals surface area contributed by atoms with Gasteiger partial charge in [0.2, 0.25) is 5.91 Å². The first kappa shape index (κ1) is 14.7. The Hall–Kier alpha value is -2.88. The number of hydrogen-bond acceptors (Lipinski definition) is 2. The number of rotatable bonds is 4. The molecule has 0 bridgehead atoms. The number of benzene rings is 2. The highest BCUT2D eigenvalue weighted by Gasteiger charge is 2.29. The summed E-state index contributed by atoms with van der Waals surface area (Å²) in [6.07, 6.45) is 3.72. The van der Waals surface area contributed by atoms with Crippen molar-refractivity contribution >= 4 is 23.0 Å². The second-order valence-corrected chi connectivity index (χ2v) is 6.21. The predicted molar refractivity (Wildman–Crippen MR) is 96.8 cm³/mol. The van der Waals surface area contributed by atoms with E-state index in [2.05, 4.69) is 46.4 Å². The fraction of sp³-hybridized carbons (Fsp3) is 0.200. The van der Waals surface area contributed by atoms with E-state index < -0.39 is 0 Å². The standard InChI is InChI=1S/C20H19N3O/c1-23-18-10-6-5-9-16(18)17(13-21-22-20(24)15-11-12-15)19(23)14-7-3-2-4-8-14/h2-10,13,15H,11-12H2,1H3,(H,22,24)/b21-13+. The number of nitrogens with zero attached hydrogens (tertiary/aromatic N) is 2. The van der Waals surface area contributed by atoms with Gasteiger partial charge in [0.05, 0.1) is 11.9 Å². The third-order valence-electron chi connectivity index (χ3n) is 4.51. The van der Waals surface area contributed by atoms with Crippen LogP contribution < -0.4 is 5.43 Å². The largest absolute Gasteiger partial charge is 0.343 e. The van der Waals surface area contributed by atoms with Gasteiger partial charge < -0.3 is 4.57 Å². The molecule has 1 aliphatic rings. The number of fused-ring (bicyclic) bond motifs is 1. The predicted octanol–water partition coefficient (Wildman–Crippen LogP) is 3.71. The van der Waals surface area contributed by atoms with Crippen LogP contribution in [-0.2, 0) is 11.8 Å². The Morgan fingerprint density at radius 3 is 2.58 bits per heavy atom. The number of aromatic nitrogens is 1. The Kier molecular flexibility index (Phi) is 3.65. The lowest BCUT2D eigenvalue weighted by molar-refractivity contribution is -0.122. The van der Waals surface area contributed by atoms with E-state index in [1.807, 2.05) is 30.3 Å². The van der Waals surface area contributed by atoms with Crippen molar-refractivity contribution in [2.45, 2.75) is 12.8 Å². The normalized spacial score (nSPS) is 14.4. The third kappa shape index (κ3) is 2.60. The van der Waals surface area contributed by atoms with Crippen molar-refractivity contribution in [3.8, 4) is 11.3 Å². The quantitative estimate of drug-likeness (QED) is 0.579. The molecule has 120 valence electrons. The Bertz CT molecular complexity index is 921. The van der Waals surface area contributed by atoms with Crippen LogP contribution >= 0.6 is 0 Å². The second-order valence-electron chi connectivity index (χ2n) is 6.21. The molecule has 24 heavy (non-hydrogen) atoms. The summed E-state index contributed by atoms with van der Waals surface area (Å²) in [6, 6.07) is 18.5. The SMILES string of the molecule is Cn1c(-c2ccccc2)c(/C=N/NC(=O)C2CC2)c2ccccc21. The van der Waals surface area contributed by atoms with Gasteiger partial charge in [-0.15, -0.1) is 0 Å². The summed E-state index contributed by atoms with van der Waals surface area (Å²) in [5.41, 5.74) is 7.06. The van der Waals surface area contributed by atoms with E-state index >= 15 is 0 Å². The van der Waals surface area contributed by atoms with E-state index in [-0.39, 0.29) is 11.8 Å². The van der Waals surface area contributed by atoms with E-state index in [0.717, 1.165) is 40.6 Å². The maximum Gasteiger partial charge on any atom is 0.243 e. The molecule has 1 aliphatic carbocycles. The van der Waals surface area contributed by atoms with Gasteiger partial charge >= 0.3 is 0 Å². The second kappa shape index (κ2) is 5.96. The Labute approximate surface area is 140 Å². The fourth-order valence-electron chi connectivity index (χ4n) is 3.10. The van der Waals surface area contributed by atoms with Gasteiger partial charge in [-0.3, -0.25) is 4.79 Å². The van der Waals surface area contributed by atoms with Crippen LogP contribution in [0.5, 0.6) is 0 Å². The van der Waals surface area contributed by atoms with Gasteiger partial charge in [0.25, 0.3) is 0 Å². The molecule has 0 atom stereocenters. The molecule has 4 nitrogen and oxygen atoms in total. The van der Waals surface area contributed by atoms with Crippen molar-refractivity contribution in [2.24, 2.45) is 18.1 Å². The zero-order valence-electron chi connectivity index (χ0n) is 13.6. The number of amides is 1. The molecule has 4 heteroatoms. The number of aryl methyl sites for hydroxylation is 1. The number of hydrogen-bond donors (Lipinski definition) is 1. The molecule has 0 saturated heterocycles. The molecule has 0 aliphatic heterocycles. The molecule has 1 heterocycles. The van der Waals surface area contributed by atoms with Crippen molar-refractivity contribution in [1.82, 2.24) is 9.99 Å². The maximum atomic E-state index is 11.8. The van der Waals surface area contributed by atoms with Crippen molar-refractivity contribution in [3.63, 3.8) is 0 Å². The van der Waals surface area contributed by atoms with Crippen molar-refractivity contribution in [2.75, 3.05) is 0 Å². The minimum atomic E-state index is 0.0211. The Morgan fingerprint density at radius 1 is 1.12 bits per heavy atom. The molecule has 0 spiro atoms. The molecule has 3 aromatic rings. The summed E-state index contributed by atoms with van der Waals surface area (Å²) < 4.78 is 2.18. The van der Waals surface area contributed by atoms with Gasteiger partial charge in [-0.05, 0) is 24.5 Å². The average Bonchev–Trinajstić information content (AvgIpc) is 3.43. The van der Waals surface area contributed by atoms with Crippen molar-refractivity contribution < 1.29 is 4.79 Å². The number of hydrazone groups is 1. The lowest BCUT2D eigenvalue weighted by Crippen LogP contribution is -2.19. The lowest BCUT2D eigenvalue weighted by atomic mass is 10.1. The van der Waals surface area contributed by atoms with Crippen LogP contribution in [0.1, 0.15) is 18.4 Å². The summed E-state index contributed by atoms with van der Waals surface area (Å²) >= 11 is 0. The molecule has 1 N–H and O–H groups in total. The first-order valence-electron chi connectivity index (χ1n) is 8.21. The number of para-hydroxylation sites is 1. The topological polar surface area (TPSA) is 46.4 Å². The summed E-state index contributed by atoms with van der Waals surface area (Å²) in [5.74, 6) is 0.177. The molecule has 1 aromatic heterocycles. The number of nitrogens with one attached hydrogen (secondary N) is 1. The summed E-state index contributed by atoms with van der Waals surface area (Å²) in [4.78, 5) is 11.8. The first-order chi connectivity index (χ1) is 11.8. The molecule has 1 amide bonds. The molecule has 4 rings (SSSR count). The highest BCUT2D eigenvalue weighted by molar-refractivity contribution is 6.06. The van der Waals surface area contributed by atoms with Crippen molar-refractivity contribution in [3.05, 3.63) is 60.2 Å². The van der Waals surface area contributed by atoms with E-state index in [1.165, 1.54) is 0 Å². The molecule has 1 fully saturated rings. The monoisotopic (exact) mass is 317 g/mol. The highest BCUT2D eigenvalue weighted by atomic mass is 16.2. The average molecular weight is 317 g/mol. The Balaban J connectivity index is 1.80. The summed E-state index contributed by atoms with van der Waals surface area (Å²) in [6.45, 7) is 0. The van der Waals surface area contributed by atoms with Gasteiger partial charge in [-0.25, -0.2) is 5.43 Å². The minimum Gasteiger partial charge on any atom is -0.343 e. The van der Waals surface area contributed by atoms with E-state index in [1.54, 1.807) is 6.21 Å². The first-order valence-corrected chi connectivity index (χ1v) is 8.21. The van der Waals surface area contributed by atoms with Crippen LogP contribution in [-0.4, -0.2) is 16.7 Å². The van der Waals surface area contributed by atoms with Crippen LogP contribution in [0.2, 0.25) is 0 Å². The zero-order valence-corrected chi connectivity index (χ0v) is 13.6. The molecule has 2 aromatic carbocycles. The maximum absolute atomic E-state index is 11.8. The summed E-state index contributed by atoms with van der Waals surface area (Å²) in [7, 11) is 2.06. The van der Waals surface area contributed by atoms with Crippen LogP contribution in [0.15, 0.2) is 59.7 Å². The third-order valence-corrected chi connectivity index (χ3v) is 4.51. The molecule has 0 unspecified atom stereocenters. The number of carbonyl (C=O) groups excluding carboxylic acids is 1. The van der Waals surface area contributed by atoms with Gasteiger partial charge in [-0.1, -0.05) is 48.5 Å². The van der Waals surface area contributed by atoms with Crippen LogP contribution in [0.4, 0.5) is 0 Å². The molecular weight excluding hydrogens is 298 g/mol. The molecular formula is C20H19N3O. The smallest absolute Gasteiger partial charge is 0.243 e. The summed E-state index contributed by atoms with van der Waals surface area (Å²) in [5, 5.41) is 5.34. The van der Waals surface area contributed by atoms with Crippen LogP contribution in [0.25, 0.3) is 22.2 Å². The van der Waals surface area contributed by atoms with Crippen LogP contribution in [0.3, 0.4) is 0 Å².